The van der Waals surface area contributed by atoms with Gasteiger partial charge >= 0.3 is 0 Å². The van der Waals surface area contributed by atoms with Crippen LogP contribution >= 0.6 is 11.6 Å². The van der Waals surface area contributed by atoms with Crippen molar-refractivity contribution in [3.05, 3.63) is 29.0 Å². The molecule has 0 aliphatic heterocycles. The third kappa shape index (κ3) is 1.72. The molecule has 0 atom stereocenters. The zero-order valence-electron chi connectivity index (χ0n) is 8.83. The molecule has 15 heavy (non-hydrogen) atoms. The summed E-state index contributed by atoms with van der Waals surface area (Å²) in [6.45, 7) is 0. The van der Waals surface area contributed by atoms with Gasteiger partial charge < -0.3 is 4.90 Å². The number of hydrogen-bond acceptors (Lipinski definition) is 2. The number of hydrogen-bond donors (Lipinski definition) is 0. The Bertz CT molecular complexity index is 382. The summed E-state index contributed by atoms with van der Waals surface area (Å²) in [5.74, 6) is 0.159. The quantitative estimate of drug-likeness (QED) is 0.719. The van der Waals surface area contributed by atoms with E-state index in [0.717, 1.165) is 18.4 Å². The normalized spacial score (nSPS) is 17.3. The highest BCUT2D eigenvalue weighted by atomic mass is 35.5. The lowest BCUT2D eigenvalue weighted by Crippen LogP contribution is -2.33. The fraction of sp³-hybridized carbons (Fsp3) is 0.455. The molecule has 0 aromatic carbocycles. The number of nitrogens with zero attached hydrogens (tertiary/aromatic N) is 2. The van der Waals surface area contributed by atoms with Crippen LogP contribution in [0.2, 0.25) is 5.15 Å². The van der Waals surface area contributed by atoms with Gasteiger partial charge in [-0.1, -0.05) is 17.7 Å². The SMILES string of the molecule is CN(C)C(=O)C1(c2ccc(Cl)nc2)CC1. The smallest absolute Gasteiger partial charge is 0.232 e. The van der Waals surface area contributed by atoms with Crippen LogP contribution in [0.5, 0.6) is 0 Å². The van der Waals surface area contributed by atoms with Gasteiger partial charge in [-0.2, -0.15) is 0 Å². The largest absolute Gasteiger partial charge is 0.348 e. The van der Waals surface area contributed by atoms with Crippen LogP contribution in [0.4, 0.5) is 0 Å². The fourth-order valence-electron chi connectivity index (χ4n) is 1.84. The van der Waals surface area contributed by atoms with Crippen LogP contribution in [-0.2, 0) is 10.2 Å². The number of pyridine rings is 1. The Morgan fingerprint density at radius 2 is 2.13 bits per heavy atom. The molecule has 2 rings (SSSR count). The summed E-state index contributed by atoms with van der Waals surface area (Å²) in [6.07, 6.45) is 3.53. The van der Waals surface area contributed by atoms with Gasteiger partial charge in [-0.25, -0.2) is 4.98 Å². The average molecular weight is 225 g/mol. The Morgan fingerprint density at radius 1 is 1.47 bits per heavy atom. The third-order valence-corrected chi connectivity index (χ3v) is 3.07. The first-order valence-electron chi connectivity index (χ1n) is 4.90. The van der Waals surface area contributed by atoms with E-state index in [-0.39, 0.29) is 11.3 Å². The van der Waals surface area contributed by atoms with E-state index < -0.39 is 0 Å². The standard InChI is InChI=1S/C11H13ClN2O/c1-14(2)10(15)11(5-6-11)8-3-4-9(12)13-7-8/h3-4,7H,5-6H2,1-2H3. The number of halogens is 1. The van der Waals surface area contributed by atoms with Crippen LogP contribution < -0.4 is 0 Å². The van der Waals surface area contributed by atoms with Crippen molar-refractivity contribution in [3.63, 3.8) is 0 Å². The Morgan fingerprint density at radius 3 is 2.53 bits per heavy atom. The summed E-state index contributed by atoms with van der Waals surface area (Å²) in [7, 11) is 3.57. The van der Waals surface area contributed by atoms with E-state index in [1.165, 1.54) is 0 Å². The number of likely N-dealkylation sites (N-methyl/N-ethyl adjacent to an activating group) is 1. The molecule has 1 aliphatic carbocycles. The van der Waals surface area contributed by atoms with Gasteiger partial charge in [-0.05, 0) is 24.5 Å². The molecule has 1 heterocycles. The van der Waals surface area contributed by atoms with E-state index in [2.05, 4.69) is 4.98 Å². The molecule has 0 N–H and O–H groups in total. The highest BCUT2D eigenvalue weighted by Crippen LogP contribution is 2.49. The lowest BCUT2D eigenvalue weighted by molar-refractivity contribution is -0.131. The van der Waals surface area contributed by atoms with Crippen molar-refractivity contribution in [1.29, 1.82) is 0 Å². The topological polar surface area (TPSA) is 33.2 Å². The second-order valence-electron chi connectivity index (χ2n) is 4.15. The molecule has 1 fully saturated rings. The predicted molar refractivity (Wildman–Crippen MR) is 58.9 cm³/mol. The molecular formula is C11H13ClN2O. The summed E-state index contributed by atoms with van der Waals surface area (Å²) >= 11 is 5.72. The molecule has 3 nitrogen and oxygen atoms in total. The van der Waals surface area contributed by atoms with Crippen molar-refractivity contribution < 1.29 is 4.79 Å². The van der Waals surface area contributed by atoms with Crippen molar-refractivity contribution in [2.24, 2.45) is 0 Å². The van der Waals surface area contributed by atoms with Crippen molar-refractivity contribution in [3.8, 4) is 0 Å². The predicted octanol–water partition coefficient (Wildman–Crippen LogP) is 1.85. The maximum Gasteiger partial charge on any atom is 0.232 e. The first kappa shape index (κ1) is 10.4. The van der Waals surface area contributed by atoms with Crippen molar-refractivity contribution in [2.45, 2.75) is 18.3 Å². The lowest BCUT2D eigenvalue weighted by Gasteiger charge is -2.19. The monoisotopic (exact) mass is 224 g/mol. The highest BCUT2D eigenvalue weighted by Gasteiger charge is 2.52. The molecule has 1 amide bonds. The fourth-order valence-corrected chi connectivity index (χ4v) is 1.95. The van der Waals surface area contributed by atoms with E-state index >= 15 is 0 Å². The summed E-state index contributed by atoms with van der Waals surface area (Å²) < 4.78 is 0. The number of carbonyl (C=O) groups is 1. The second-order valence-corrected chi connectivity index (χ2v) is 4.54. The summed E-state index contributed by atoms with van der Waals surface area (Å²) in [5.41, 5.74) is 0.659. The molecule has 1 saturated carbocycles. The minimum atomic E-state index is -0.318. The van der Waals surface area contributed by atoms with E-state index in [0.29, 0.717) is 5.15 Å². The zero-order valence-corrected chi connectivity index (χ0v) is 9.58. The van der Waals surface area contributed by atoms with E-state index in [1.807, 2.05) is 6.07 Å². The van der Waals surface area contributed by atoms with Crippen LogP contribution in [-0.4, -0.2) is 29.9 Å². The minimum absolute atomic E-state index is 0.159. The molecule has 0 saturated heterocycles. The Balaban J connectivity index is 2.30. The number of amides is 1. The molecule has 1 aliphatic rings. The molecular weight excluding hydrogens is 212 g/mol. The van der Waals surface area contributed by atoms with E-state index in [9.17, 15) is 4.79 Å². The molecule has 0 unspecified atom stereocenters. The molecule has 0 radical (unpaired) electrons. The van der Waals surface area contributed by atoms with E-state index in [1.54, 1.807) is 31.3 Å². The first-order valence-corrected chi connectivity index (χ1v) is 5.28. The molecule has 0 spiro atoms. The van der Waals surface area contributed by atoms with Crippen molar-refractivity contribution >= 4 is 17.5 Å². The molecule has 4 heteroatoms. The van der Waals surface area contributed by atoms with Gasteiger partial charge in [0.25, 0.3) is 0 Å². The van der Waals surface area contributed by atoms with Crippen LogP contribution in [0.15, 0.2) is 18.3 Å². The van der Waals surface area contributed by atoms with Gasteiger partial charge in [0.2, 0.25) is 5.91 Å². The number of rotatable bonds is 2. The molecule has 1 aromatic rings. The molecule has 80 valence electrons. The lowest BCUT2D eigenvalue weighted by atomic mass is 9.96. The first-order chi connectivity index (χ1) is 7.06. The van der Waals surface area contributed by atoms with Gasteiger partial charge in [0.05, 0.1) is 5.41 Å². The van der Waals surface area contributed by atoms with Crippen LogP contribution in [0.3, 0.4) is 0 Å². The van der Waals surface area contributed by atoms with Crippen LogP contribution in [0.1, 0.15) is 18.4 Å². The molecule has 0 bridgehead atoms. The molecule has 1 aromatic heterocycles. The van der Waals surface area contributed by atoms with Crippen molar-refractivity contribution in [1.82, 2.24) is 9.88 Å². The Hall–Kier alpha value is -1.09. The van der Waals surface area contributed by atoms with Crippen LogP contribution in [0, 0.1) is 0 Å². The van der Waals surface area contributed by atoms with Gasteiger partial charge in [-0.15, -0.1) is 0 Å². The Kier molecular flexibility index (Phi) is 2.43. The number of carbonyl (C=O) groups excluding carboxylic acids is 1. The maximum absolute atomic E-state index is 12.0. The third-order valence-electron chi connectivity index (χ3n) is 2.85. The Labute approximate surface area is 94.1 Å². The second kappa shape index (κ2) is 3.49. The highest BCUT2D eigenvalue weighted by molar-refractivity contribution is 6.29. The van der Waals surface area contributed by atoms with Gasteiger partial charge in [0.1, 0.15) is 5.15 Å². The zero-order chi connectivity index (χ0) is 11.1. The van der Waals surface area contributed by atoms with Gasteiger partial charge in [0.15, 0.2) is 0 Å². The summed E-state index contributed by atoms with van der Waals surface area (Å²) in [6, 6.07) is 3.63. The van der Waals surface area contributed by atoms with Crippen molar-refractivity contribution in [2.75, 3.05) is 14.1 Å². The minimum Gasteiger partial charge on any atom is -0.348 e. The summed E-state index contributed by atoms with van der Waals surface area (Å²) in [4.78, 5) is 17.6. The van der Waals surface area contributed by atoms with E-state index in [4.69, 9.17) is 11.6 Å². The maximum atomic E-state index is 12.0. The van der Waals surface area contributed by atoms with Crippen LogP contribution in [0.25, 0.3) is 0 Å². The average Bonchev–Trinajstić information content (AvgIpc) is 2.99. The number of aromatic nitrogens is 1. The van der Waals surface area contributed by atoms with Gasteiger partial charge in [0, 0.05) is 20.3 Å². The summed E-state index contributed by atoms with van der Waals surface area (Å²) in [5, 5.41) is 0.465. The van der Waals surface area contributed by atoms with Gasteiger partial charge in [-0.3, -0.25) is 4.79 Å².